The van der Waals surface area contributed by atoms with Crippen LogP contribution in [0, 0.1) is 16.8 Å². The summed E-state index contributed by atoms with van der Waals surface area (Å²) in [4.78, 5) is 18.3. The van der Waals surface area contributed by atoms with Gasteiger partial charge in [0.1, 0.15) is 0 Å². The molecule has 0 bridgehead atoms. The molecule has 1 fully saturated rings. The molecule has 1 saturated heterocycles. The van der Waals surface area contributed by atoms with Gasteiger partial charge in [-0.2, -0.15) is 0 Å². The van der Waals surface area contributed by atoms with Crippen LogP contribution >= 0.6 is 23.6 Å². The fraction of sp³-hybridized carbons (Fsp3) is 0.667. The smallest absolute Gasteiger partial charge is 0.225 e. The molecule has 0 aromatic carbocycles. The van der Waals surface area contributed by atoms with E-state index in [0.717, 1.165) is 34.2 Å². The molecular weight excluding hydrogens is 266 g/mol. The summed E-state index contributed by atoms with van der Waals surface area (Å²) in [5.41, 5.74) is 1.01. The predicted molar refractivity (Wildman–Crippen MR) is 76.6 cm³/mol. The van der Waals surface area contributed by atoms with Crippen molar-refractivity contribution in [3.63, 3.8) is 0 Å². The molecule has 1 amide bonds. The van der Waals surface area contributed by atoms with Gasteiger partial charge in [0.15, 0.2) is 3.95 Å². The number of aromatic nitrogens is 1. The first-order valence-corrected chi connectivity index (χ1v) is 7.41. The SMILES string of the molecule is Cc1[nH]c(=S)sc1CC(=O)NCC1CCN(C)C1. The summed E-state index contributed by atoms with van der Waals surface area (Å²) in [6.07, 6.45) is 1.62. The quantitative estimate of drug-likeness (QED) is 0.828. The first-order chi connectivity index (χ1) is 8.54. The lowest BCUT2D eigenvalue weighted by atomic mass is 10.1. The fourth-order valence-corrected chi connectivity index (χ4v) is 3.56. The van der Waals surface area contributed by atoms with Gasteiger partial charge in [0.05, 0.1) is 6.42 Å². The molecule has 4 nitrogen and oxygen atoms in total. The van der Waals surface area contributed by atoms with Gasteiger partial charge in [-0.1, -0.05) is 0 Å². The molecule has 2 rings (SSSR count). The Morgan fingerprint density at radius 2 is 2.44 bits per heavy atom. The average molecular weight is 285 g/mol. The zero-order valence-corrected chi connectivity index (χ0v) is 12.4. The van der Waals surface area contributed by atoms with Gasteiger partial charge < -0.3 is 15.2 Å². The van der Waals surface area contributed by atoms with Crippen LogP contribution < -0.4 is 5.32 Å². The molecule has 2 heterocycles. The van der Waals surface area contributed by atoms with Crippen molar-refractivity contribution < 1.29 is 4.79 Å². The topological polar surface area (TPSA) is 48.1 Å². The first kappa shape index (κ1) is 13.7. The van der Waals surface area contributed by atoms with E-state index in [4.69, 9.17) is 12.2 Å². The van der Waals surface area contributed by atoms with Crippen molar-refractivity contribution in [3.05, 3.63) is 14.5 Å². The molecule has 0 spiro atoms. The molecule has 1 aromatic heterocycles. The van der Waals surface area contributed by atoms with Crippen molar-refractivity contribution in [1.29, 1.82) is 0 Å². The number of likely N-dealkylation sites (tertiary alicyclic amines) is 1. The molecule has 1 unspecified atom stereocenters. The number of amides is 1. The van der Waals surface area contributed by atoms with Crippen molar-refractivity contribution in [1.82, 2.24) is 15.2 Å². The molecule has 1 atom stereocenters. The highest BCUT2D eigenvalue weighted by atomic mass is 32.1. The molecule has 1 aliphatic rings. The number of rotatable bonds is 4. The Bertz CT molecular complexity index is 480. The highest BCUT2D eigenvalue weighted by Gasteiger charge is 2.19. The number of aryl methyl sites for hydroxylation is 1. The summed E-state index contributed by atoms with van der Waals surface area (Å²) in [6.45, 7) is 4.97. The summed E-state index contributed by atoms with van der Waals surface area (Å²) in [6, 6.07) is 0. The lowest BCUT2D eigenvalue weighted by Crippen LogP contribution is -2.31. The van der Waals surface area contributed by atoms with E-state index in [-0.39, 0.29) is 5.91 Å². The summed E-state index contributed by atoms with van der Waals surface area (Å²) >= 11 is 6.56. The third-order valence-electron chi connectivity index (χ3n) is 3.32. The van der Waals surface area contributed by atoms with Gasteiger partial charge in [-0.25, -0.2) is 0 Å². The normalized spacial score (nSPS) is 20.2. The van der Waals surface area contributed by atoms with E-state index >= 15 is 0 Å². The number of hydrogen-bond donors (Lipinski definition) is 2. The Morgan fingerprint density at radius 3 is 3.00 bits per heavy atom. The second-order valence-electron chi connectivity index (χ2n) is 4.96. The second-order valence-corrected chi connectivity index (χ2v) is 6.73. The Kier molecular flexibility index (Phi) is 4.53. The van der Waals surface area contributed by atoms with E-state index in [0.29, 0.717) is 12.3 Å². The van der Waals surface area contributed by atoms with E-state index < -0.39 is 0 Å². The number of aromatic amines is 1. The summed E-state index contributed by atoms with van der Waals surface area (Å²) in [5, 5.41) is 3.02. The van der Waals surface area contributed by atoms with Crippen molar-refractivity contribution in [2.24, 2.45) is 5.92 Å². The van der Waals surface area contributed by atoms with E-state index in [2.05, 4.69) is 22.2 Å². The molecule has 0 aliphatic carbocycles. The van der Waals surface area contributed by atoms with Gasteiger partial charge >= 0.3 is 0 Å². The van der Waals surface area contributed by atoms with Gasteiger partial charge in [0, 0.05) is 23.7 Å². The third-order valence-corrected chi connectivity index (χ3v) is 4.66. The predicted octanol–water partition coefficient (Wildman–Crippen LogP) is 1.72. The Labute approximate surface area is 116 Å². The maximum Gasteiger partial charge on any atom is 0.225 e. The van der Waals surface area contributed by atoms with Crippen LogP contribution in [0.5, 0.6) is 0 Å². The maximum atomic E-state index is 11.8. The Balaban J connectivity index is 1.79. The number of hydrogen-bond acceptors (Lipinski definition) is 4. The molecule has 1 aromatic rings. The summed E-state index contributed by atoms with van der Waals surface area (Å²) in [7, 11) is 2.12. The van der Waals surface area contributed by atoms with Crippen LogP contribution in [0.1, 0.15) is 17.0 Å². The van der Waals surface area contributed by atoms with Crippen LogP contribution in [0.4, 0.5) is 0 Å². The van der Waals surface area contributed by atoms with Crippen LogP contribution in [-0.2, 0) is 11.2 Å². The highest BCUT2D eigenvalue weighted by molar-refractivity contribution is 7.73. The van der Waals surface area contributed by atoms with Crippen molar-refractivity contribution >= 4 is 29.5 Å². The van der Waals surface area contributed by atoms with Crippen LogP contribution in [0.3, 0.4) is 0 Å². The fourth-order valence-electron chi connectivity index (χ4n) is 2.26. The third kappa shape index (κ3) is 3.63. The molecule has 2 N–H and O–H groups in total. The van der Waals surface area contributed by atoms with Gasteiger partial charge in [-0.3, -0.25) is 4.79 Å². The van der Waals surface area contributed by atoms with Gasteiger partial charge in [-0.15, -0.1) is 11.3 Å². The number of carbonyl (C=O) groups is 1. The highest BCUT2D eigenvalue weighted by Crippen LogP contribution is 2.16. The van der Waals surface area contributed by atoms with Crippen LogP contribution in [0.15, 0.2) is 0 Å². The number of carbonyl (C=O) groups excluding carboxylic acids is 1. The lowest BCUT2D eigenvalue weighted by molar-refractivity contribution is -0.120. The molecule has 0 saturated carbocycles. The van der Waals surface area contributed by atoms with Crippen LogP contribution in [0.2, 0.25) is 0 Å². The number of nitrogens with one attached hydrogen (secondary N) is 2. The van der Waals surface area contributed by atoms with E-state index in [9.17, 15) is 4.79 Å². The standard InChI is InChI=1S/C12H19N3OS2/c1-8-10(18-12(17)14-8)5-11(16)13-6-9-3-4-15(2)7-9/h9H,3-7H2,1-2H3,(H,13,16)(H,14,17). The van der Waals surface area contributed by atoms with Crippen LogP contribution in [0.25, 0.3) is 0 Å². The first-order valence-electron chi connectivity index (χ1n) is 6.18. The number of H-pyrrole nitrogens is 1. The zero-order valence-electron chi connectivity index (χ0n) is 10.8. The minimum absolute atomic E-state index is 0.0953. The molecular formula is C12H19N3OS2. The summed E-state index contributed by atoms with van der Waals surface area (Å²) < 4.78 is 0.743. The molecule has 6 heteroatoms. The van der Waals surface area contributed by atoms with E-state index in [1.54, 1.807) is 0 Å². The Hall–Kier alpha value is -0.720. The largest absolute Gasteiger partial charge is 0.355 e. The summed E-state index contributed by atoms with van der Waals surface area (Å²) in [5.74, 6) is 0.697. The average Bonchev–Trinajstić information content (AvgIpc) is 2.83. The maximum absolute atomic E-state index is 11.8. The van der Waals surface area contributed by atoms with Gasteiger partial charge in [0.25, 0.3) is 0 Å². The second kappa shape index (κ2) is 5.95. The monoisotopic (exact) mass is 285 g/mol. The molecule has 100 valence electrons. The van der Waals surface area contributed by atoms with E-state index in [1.807, 2.05) is 6.92 Å². The number of thiazole rings is 1. The van der Waals surface area contributed by atoms with Crippen molar-refractivity contribution in [3.8, 4) is 0 Å². The van der Waals surface area contributed by atoms with Gasteiger partial charge in [-0.05, 0) is 45.1 Å². The van der Waals surface area contributed by atoms with Crippen molar-refractivity contribution in [2.75, 3.05) is 26.7 Å². The molecule has 1 aliphatic heterocycles. The Morgan fingerprint density at radius 1 is 1.67 bits per heavy atom. The lowest BCUT2D eigenvalue weighted by Gasteiger charge is -2.11. The van der Waals surface area contributed by atoms with Crippen molar-refractivity contribution in [2.45, 2.75) is 19.8 Å². The molecule has 18 heavy (non-hydrogen) atoms. The van der Waals surface area contributed by atoms with E-state index in [1.165, 1.54) is 17.8 Å². The number of nitrogens with zero attached hydrogens (tertiary/aromatic N) is 1. The molecule has 0 radical (unpaired) electrons. The minimum Gasteiger partial charge on any atom is -0.355 e. The minimum atomic E-state index is 0.0953. The zero-order chi connectivity index (χ0) is 13.1. The van der Waals surface area contributed by atoms with Gasteiger partial charge in [0.2, 0.25) is 5.91 Å². The van der Waals surface area contributed by atoms with Crippen LogP contribution in [-0.4, -0.2) is 42.5 Å².